The van der Waals surface area contributed by atoms with E-state index in [9.17, 15) is 14.7 Å². The molecule has 2 aliphatic heterocycles. The van der Waals surface area contributed by atoms with E-state index in [1.807, 2.05) is 17.5 Å². The Labute approximate surface area is 161 Å². The largest absolute Gasteiger partial charge is 0.481 e. The third kappa shape index (κ3) is 3.37. The molecule has 3 heterocycles. The van der Waals surface area contributed by atoms with Gasteiger partial charge in [-0.05, 0) is 24.3 Å². The summed E-state index contributed by atoms with van der Waals surface area (Å²) < 4.78 is 5.66. The van der Waals surface area contributed by atoms with Crippen molar-refractivity contribution >= 4 is 28.3 Å². The predicted octanol–water partition coefficient (Wildman–Crippen LogP) is 3.75. The van der Waals surface area contributed by atoms with Gasteiger partial charge < -0.3 is 15.2 Å². The van der Waals surface area contributed by atoms with Gasteiger partial charge in [-0.25, -0.2) is 4.98 Å². The van der Waals surface area contributed by atoms with Crippen molar-refractivity contribution in [2.24, 2.45) is 11.8 Å². The summed E-state index contributed by atoms with van der Waals surface area (Å²) in [5.41, 5.74) is 3.05. The number of fused-ring (bicyclic) bond motifs is 2. The Balaban J connectivity index is 1.47. The highest BCUT2D eigenvalue weighted by molar-refractivity contribution is 7.14. The number of carbonyl (C=O) groups is 2. The number of nitrogens with zero attached hydrogens (tertiary/aromatic N) is 1. The van der Waals surface area contributed by atoms with E-state index < -0.39 is 17.8 Å². The number of benzene rings is 1. The van der Waals surface area contributed by atoms with Crippen molar-refractivity contribution in [1.82, 2.24) is 4.98 Å². The van der Waals surface area contributed by atoms with E-state index in [-0.39, 0.29) is 18.1 Å². The van der Waals surface area contributed by atoms with Gasteiger partial charge in [-0.15, -0.1) is 11.3 Å². The first kappa shape index (κ1) is 18.1. The highest BCUT2D eigenvalue weighted by atomic mass is 32.1. The van der Waals surface area contributed by atoms with Crippen LogP contribution in [0.25, 0.3) is 11.3 Å². The number of thiazole rings is 1. The average molecular weight is 386 g/mol. The maximum Gasteiger partial charge on any atom is 0.310 e. The lowest BCUT2D eigenvalue weighted by Gasteiger charge is -2.23. The summed E-state index contributed by atoms with van der Waals surface area (Å²) in [5.74, 6) is -2.24. The Morgan fingerprint density at radius 3 is 2.48 bits per heavy atom. The van der Waals surface area contributed by atoms with Gasteiger partial charge in [-0.3, -0.25) is 9.59 Å². The van der Waals surface area contributed by atoms with Crippen LogP contribution in [0.3, 0.4) is 0 Å². The normalized spacial score (nSPS) is 26.5. The summed E-state index contributed by atoms with van der Waals surface area (Å²) in [5, 5.41) is 14.6. The molecule has 2 N–H and O–H groups in total. The van der Waals surface area contributed by atoms with Crippen LogP contribution in [0.2, 0.25) is 0 Å². The molecule has 1 amide bonds. The van der Waals surface area contributed by atoms with Crippen molar-refractivity contribution in [3.63, 3.8) is 0 Å². The molecule has 2 aromatic rings. The van der Waals surface area contributed by atoms with Gasteiger partial charge in [0.05, 0.1) is 29.7 Å². The second-order valence-electron chi connectivity index (χ2n) is 7.48. The number of carbonyl (C=O) groups excluding carboxylic acids is 1. The number of amides is 1. The van der Waals surface area contributed by atoms with Crippen molar-refractivity contribution in [2.75, 3.05) is 5.32 Å². The monoisotopic (exact) mass is 386 g/mol. The Hall–Kier alpha value is -2.25. The lowest BCUT2D eigenvalue weighted by molar-refractivity contribution is -0.147. The molecule has 1 aromatic heterocycles. The van der Waals surface area contributed by atoms with E-state index in [0.29, 0.717) is 17.5 Å². The second kappa shape index (κ2) is 7.05. The van der Waals surface area contributed by atoms with E-state index in [1.54, 1.807) is 0 Å². The Morgan fingerprint density at radius 2 is 1.85 bits per heavy atom. The molecule has 0 aliphatic carbocycles. The van der Waals surface area contributed by atoms with Gasteiger partial charge >= 0.3 is 5.97 Å². The van der Waals surface area contributed by atoms with E-state index in [2.05, 4.69) is 36.3 Å². The third-order valence-electron chi connectivity index (χ3n) is 5.47. The smallest absolute Gasteiger partial charge is 0.310 e. The van der Waals surface area contributed by atoms with Crippen molar-refractivity contribution < 1.29 is 19.4 Å². The van der Waals surface area contributed by atoms with Crippen molar-refractivity contribution in [2.45, 2.75) is 44.8 Å². The number of aliphatic carboxylic acids is 1. The number of hydrogen-bond donors (Lipinski definition) is 2. The molecular weight excluding hydrogens is 364 g/mol. The number of carboxylic acids is 1. The lowest BCUT2D eigenvalue weighted by Crippen LogP contribution is -2.40. The first-order valence-electron chi connectivity index (χ1n) is 9.19. The number of anilines is 1. The average Bonchev–Trinajstić information content (AvgIpc) is 3.37. The van der Waals surface area contributed by atoms with Crippen LogP contribution in [-0.2, 0) is 14.3 Å². The molecule has 2 bridgehead atoms. The van der Waals surface area contributed by atoms with Crippen LogP contribution in [0, 0.1) is 11.8 Å². The number of nitrogens with one attached hydrogen (secondary N) is 1. The van der Waals surface area contributed by atoms with Crippen LogP contribution in [0.4, 0.5) is 5.13 Å². The Morgan fingerprint density at radius 1 is 1.19 bits per heavy atom. The zero-order valence-electron chi connectivity index (χ0n) is 15.2. The summed E-state index contributed by atoms with van der Waals surface area (Å²) >= 11 is 1.34. The van der Waals surface area contributed by atoms with Crippen LogP contribution in [0.5, 0.6) is 0 Å². The molecule has 0 saturated carbocycles. The Kier molecular flexibility index (Phi) is 4.74. The zero-order chi connectivity index (χ0) is 19.1. The van der Waals surface area contributed by atoms with Crippen LogP contribution < -0.4 is 5.32 Å². The first-order chi connectivity index (χ1) is 12.9. The minimum atomic E-state index is -0.965. The summed E-state index contributed by atoms with van der Waals surface area (Å²) in [4.78, 5) is 28.7. The molecule has 4 atom stereocenters. The zero-order valence-corrected chi connectivity index (χ0v) is 16.0. The minimum absolute atomic E-state index is 0.306. The fraction of sp³-hybridized carbons (Fsp3) is 0.450. The molecule has 2 aliphatic rings. The number of ether oxygens (including phenoxy) is 1. The van der Waals surface area contributed by atoms with E-state index in [4.69, 9.17) is 4.74 Å². The second-order valence-corrected chi connectivity index (χ2v) is 8.34. The highest BCUT2D eigenvalue weighted by Gasteiger charge is 2.55. The van der Waals surface area contributed by atoms with Gasteiger partial charge in [0.25, 0.3) is 0 Å². The van der Waals surface area contributed by atoms with Crippen LogP contribution in [0.1, 0.15) is 38.2 Å². The topological polar surface area (TPSA) is 88.5 Å². The minimum Gasteiger partial charge on any atom is -0.481 e. The fourth-order valence-corrected chi connectivity index (χ4v) is 4.74. The standard InChI is InChI=1S/C20H22N2O4S/c1-10(2)11-3-5-12(6-4-11)13-9-27-20(21-13)22-18(23)16-14-7-8-15(26-14)17(16)19(24)25/h3-6,9-10,14-17H,7-8H2,1-2H3,(H,24,25)(H,21,22,23)/t14-,15-,16+,17+/m1/s1. The SMILES string of the molecule is CC(C)c1ccc(-c2csc(NC(=O)[C@@H]3[C@@H](C(=O)O)[C@H]4CC[C@H]3O4)n2)cc1. The molecular formula is C20H22N2O4S. The van der Waals surface area contributed by atoms with Gasteiger partial charge in [0.2, 0.25) is 5.91 Å². The van der Waals surface area contributed by atoms with Gasteiger partial charge in [0.1, 0.15) is 0 Å². The number of rotatable bonds is 5. The predicted molar refractivity (Wildman–Crippen MR) is 103 cm³/mol. The number of carboxylic acid groups (broad SMARTS) is 1. The maximum absolute atomic E-state index is 12.7. The number of aromatic nitrogens is 1. The molecule has 0 spiro atoms. The van der Waals surface area contributed by atoms with E-state index >= 15 is 0 Å². The number of hydrogen-bond acceptors (Lipinski definition) is 5. The van der Waals surface area contributed by atoms with Crippen molar-refractivity contribution in [3.05, 3.63) is 35.2 Å². The molecule has 0 unspecified atom stereocenters. The van der Waals surface area contributed by atoms with E-state index in [1.165, 1.54) is 16.9 Å². The van der Waals surface area contributed by atoms with Crippen LogP contribution >= 0.6 is 11.3 Å². The molecule has 2 fully saturated rings. The molecule has 142 valence electrons. The lowest BCUT2D eigenvalue weighted by atomic mass is 9.79. The molecule has 1 aromatic carbocycles. The van der Waals surface area contributed by atoms with Gasteiger partial charge in [-0.2, -0.15) is 0 Å². The van der Waals surface area contributed by atoms with Crippen molar-refractivity contribution in [1.29, 1.82) is 0 Å². The molecule has 2 saturated heterocycles. The van der Waals surface area contributed by atoms with Crippen LogP contribution in [0.15, 0.2) is 29.6 Å². The van der Waals surface area contributed by atoms with Gasteiger partial charge in [-0.1, -0.05) is 38.1 Å². The molecule has 0 radical (unpaired) electrons. The fourth-order valence-electron chi connectivity index (χ4n) is 4.02. The highest BCUT2D eigenvalue weighted by Crippen LogP contribution is 2.44. The maximum atomic E-state index is 12.7. The summed E-state index contributed by atoms with van der Waals surface area (Å²) in [7, 11) is 0. The van der Waals surface area contributed by atoms with Gasteiger partial charge in [0.15, 0.2) is 5.13 Å². The van der Waals surface area contributed by atoms with E-state index in [0.717, 1.165) is 17.7 Å². The summed E-state index contributed by atoms with van der Waals surface area (Å²) in [6, 6.07) is 8.23. The van der Waals surface area contributed by atoms with Crippen LogP contribution in [-0.4, -0.2) is 34.2 Å². The molecule has 27 heavy (non-hydrogen) atoms. The molecule has 6 nitrogen and oxygen atoms in total. The quantitative estimate of drug-likeness (QED) is 0.817. The Bertz CT molecular complexity index is 861. The summed E-state index contributed by atoms with van der Waals surface area (Å²) in [6.07, 6.45) is 0.783. The third-order valence-corrected chi connectivity index (χ3v) is 6.23. The summed E-state index contributed by atoms with van der Waals surface area (Å²) in [6.45, 7) is 4.30. The molecule has 7 heteroatoms. The van der Waals surface area contributed by atoms with Gasteiger partial charge in [0, 0.05) is 10.9 Å². The van der Waals surface area contributed by atoms with Crippen molar-refractivity contribution in [3.8, 4) is 11.3 Å². The first-order valence-corrected chi connectivity index (χ1v) is 10.1. The molecule has 4 rings (SSSR count).